The average Bonchev–Trinajstić information content (AvgIpc) is 2.38. The molecule has 0 heterocycles. The summed E-state index contributed by atoms with van der Waals surface area (Å²) in [5.41, 5.74) is 0. The number of carbonyl (C=O) groups is 4. The molecule has 116 valence electrons. The van der Waals surface area contributed by atoms with Crippen molar-refractivity contribution >= 4 is 23.9 Å². The maximum absolute atomic E-state index is 11.8. The van der Waals surface area contributed by atoms with E-state index in [1.807, 2.05) is 6.92 Å². The van der Waals surface area contributed by atoms with Crippen molar-refractivity contribution in [3.8, 4) is 0 Å². The fourth-order valence-electron chi connectivity index (χ4n) is 1.53. The average molecular weight is 296 g/mol. The standard InChI is InChI=1S/C15H20O6/c1-4-7-11(15(19)21-13(17)9-6-3)10-14(18)20-12(16)8-5-2/h5-6,8-9,11H,4,7,10H2,1-3H3. The van der Waals surface area contributed by atoms with Gasteiger partial charge in [0.1, 0.15) is 0 Å². The van der Waals surface area contributed by atoms with Crippen LogP contribution in [0.4, 0.5) is 0 Å². The van der Waals surface area contributed by atoms with Crippen molar-refractivity contribution in [3.63, 3.8) is 0 Å². The largest absolute Gasteiger partial charge is 0.390 e. The van der Waals surface area contributed by atoms with Gasteiger partial charge in [0.05, 0.1) is 12.3 Å². The van der Waals surface area contributed by atoms with Gasteiger partial charge in [0, 0.05) is 12.2 Å². The Labute approximate surface area is 123 Å². The Morgan fingerprint density at radius 1 is 0.952 bits per heavy atom. The van der Waals surface area contributed by atoms with E-state index in [4.69, 9.17) is 0 Å². The van der Waals surface area contributed by atoms with Gasteiger partial charge in [-0.25, -0.2) is 9.59 Å². The SMILES string of the molecule is CC=CC(=O)OC(=O)CC(CCC)C(=O)OC(=O)C=CC. The molecule has 0 bridgehead atoms. The van der Waals surface area contributed by atoms with Crippen molar-refractivity contribution in [2.24, 2.45) is 5.92 Å². The van der Waals surface area contributed by atoms with Crippen LogP contribution in [0.1, 0.15) is 40.0 Å². The van der Waals surface area contributed by atoms with E-state index < -0.39 is 29.8 Å². The van der Waals surface area contributed by atoms with E-state index in [-0.39, 0.29) is 6.42 Å². The third kappa shape index (κ3) is 8.52. The molecule has 0 fully saturated rings. The van der Waals surface area contributed by atoms with Gasteiger partial charge in [0.25, 0.3) is 0 Å². The van der Waals surface area contributed by atoms with Gasteiger partial charge in [0.2, 0.25) is 0 Å². The van der Waals surface area contributed by atoms with Gasteiger partial charge in [-0.2, -0.15) is 0 Å². The molecular formula is C15H20O6. The zero-order valence-electron chi connectivity index (χ0n) is 12.5. The fraction of sp³-hybridized carbons (Fsp3) is 0.467. The van der Waals surface area contributed by atoms with E-state index in [1.165, 1.54) is 12.2 Å². The number of hydrogen-bond acceptors (Lipinski definition) is 6. The Bertz CT molecular complexity index is 447. The van der Waals surface area contributed by atoms with E-state index in [1.54, 1.807) is 13.8 Å². The normalized spacial score (nSPS) is 12.3. The zero-order chi connectivity index (χ0) is 16.3. The highest BCUT2D eigenvalue weighted by molar-refractivity contribution is 5.95. The minimum absolute atomic E-state index is 0.306. The molecule has 0 saturated heterocycles. The predicted octanol–water partition coefficient (Wildman–Crippen LogP) is 2.08. The first-order valence-electron chi connectivity index (χ1n) is 6.70. The molecule has 0 aromatic heterocycles. The van der Waals surface area contributed by atoms with Crippen LogP contribution in [0, 0.1) is 5.92 Å². The smallest absolute Gasteiger partial charge is 0.338 e. The van der Waals surface area contributed by atoms with Crippen LogP contribution in [0.25, 0.3) is 0 Å². The fourth-order valence-corrected chi connectivity index (χ4v) is 1.53. The number of esters is 4. The van der Waals surface area contributed by atoms with Gasteiger partial charge in [-0.15, -0.1) is 0 Å². The van der Waals surface area contributed by atoms with E-state index in [2.05, 4.69) is 9.47 Å². The highest BCUT2D eigenvalue weighted by Crippen LogP contribution is 2.15. The van der Waals surface area contributed by atoms with Gasteiger partial charge < -0.3 is 9.47 Å². The lowest BCUT2D eigenvalue weighted by Gasteiger charge is -2.12. The molecule has 0 spiro atoms. The molecule has 0 rings (SSSR count). The van der Waals surface area contributed by atoms with Crippen LogP contribution in [-0.4, -0.2) is 23.9 Å². The van der Waals surface area contributed by atoms with Crippen LogP contribution in [0.3, 0.4) is 0 Å². The molecule has 21 heavy (non-hydrogen) atoms. The third-order valence-corrected chi connectivity index (χ3v) is 2.40. The number of rotatable bonds is 7. The van der Waals surface area contributed by atoms with Crippen LogP contribution in [0.2, 0.25) is 0 Å². The number of allylic oxidation sites excluding steroid dienone is 2. The van der Waals surface area contributed by atoms with Crippen LogP contribution in [-0.2, 0) is 28.7 Å². The lowest BCUT2D eigenvalue weighted by atomic mass is 10.0. The zero-order valence-corrected chi connectivity index (χ0v) is 12.5. The first-order valence-corrected chi connectivity index (χ1v) is 6.70. The monoisotopic (exact) mass is 296 g/mol. The Kier molecular flexibility index (Phi) is 9.41. The topological polar surface area (TPSA) is 86.7 Å². The Morgan fingerprint density at radius 2 is 1.48 bits per heavy atom. The lowest BCUT2D eigenvalue weighted by molar-refractivity contribution is -0.165. The second-order valence-electron chi connectivity index (χ2n) is 4.22. The molecule has 6 nitrogen and oxygen atoms in total. The quantitative estimate of drug-likeness (QED) is 0.406. The summed E-state index contributed by atoms with van der Waals surface area (Å²) in [4.78, 5) is 45.6. The Balaban J connectivity index is 4.60. The highest BCUT2D eigenvalue weighted by atomic mass is 16.6. The van der Waals surface area contributed by atoms with Crippen molar-refractivity contribution in [2.45, 2.75) is 40.0 Å². The molecule has 0 aromatic rings. The molecule has 0 amide bonds. The van der Waals surface area contributed by atoms with E-state index in [0.717, 1.165) is 12.2 Å². The molecule has 0 aromatic carbocycles. The summed E-state index contributed by atoms with van der Waals surface area (Å²) >= 11 is 0. The van der Waals surface area contributed by atoms with Crippen LogP contribution < -0.4 is 0 Å². The van der Waals surface area contributed by atoms with Gasteiger partial charge >= 0.3 is 23.9 Å². The minimum Gasteiger partial charge on any atom is -0.390 e. The van der Waals surface area contributed by atoms with Crippen molar-refractivity contribution in [2.75, 3.05) is 0 Å². The molecule has 6 heteroatoms. The van der Waals surface area contributed by atoms with Crippen LogP contribution in [0.15, 0.2) is 24.3 Å². The van der Waals surface area contributed by atoms with E-state index >= 15 is 0 Å². The molecule has 0 aliphatic carbocycles. The van der Waals surface area contributed by atoms with Gasteiger partial charge in [-0.1, -0.05) is 25.5 Å². The third-order valence-electron chi connectivity index (χ3n) is 2.40. The highest BCUT2D eigenvalue weighted by Gasteiger charge is 2.25. The summed E-state index contributed by atoms with van der Waals surface area (Å²) < 4.78 is 9.09. The lowest BCUT2D eigenvalue weighted by Crippen LogP contribution is -2.24. The van der Waals surface area contributed by atoms with E-state index in [0.29, 0.717) is 12.8 Å². The maximum atomic E-state index is 11.8. The minimum atomic E-state index is -0.827. The molecule has 0 radical (unpaired) electrons. The molecule has 0 saturated carbocycles. The Morgan fingerprint density at radius 3 is 1.95 bits per heavy atom. The molecular weight excluding hydrogens is 276 g/mol. The molecule has 0 aliphatic rings. The number of hydrogen-bond donors (Lipinski definition) is 0. The summed E-state index contributed by atoms with van der Waals surface area (Å²) in [6, 6.07) is 0. The van der Waals surface area contributed by atoms with Crippen LogP contribution >= 0.6 is 0 Å². The van der Waals surface area contributed by atoms with Gasteiger partial charge in [-0.05, 0) is 20.3 Å². The van der Waals surface area contributed by atoms with Crippen molar-refractivity contribution in [1.29, 1.82) is 0 Å². The maximum Gasteiger partial charge on any atom is 0.338 e. The number of ether oxygens (including phenoxy) is 2. The van der Waals surface area contributed by atoms with Crippen LogP contribution in [0.5, 0.6) is 0 Å². The summed E-state index contributed by atoms with van der Waals surface area (Å²) in [6.45, 7) is 5.04. The Hall–Kier alpha value is -2.24. The summed E-state index contributed by atoms with van der Waals surface area (Å²) in [6.07, 6.45) is 5.74. The predicted molar refractivity (Wildman–Crippen MR) is 74.8 cm³/mol. The summed E-state index contributed by atoms with van der Waals surface area (Å²) in [5.74, 6) is -4.02. The number of carbonyl (C=O) groups excluding carboxylic acids is 4. The molecule has 1 atom stereocenters. The van der Waals surface area contributed by atoms with Crippen molar-refractivity contribution < 1.29 is 28.7 Å². The summed E-state index contributed by atoms with van der Waals surface area (Å²) in [5, 5.41) is 0. The molecule has 0 N–H and O–H groups in total. The first-order chi connectivity index (χ1) is 9.94. The van der Waals surface area contributed by atoms with Gasteiger partial charge in [0.15, 0.2) is 0 Å². The molecule has 0 aliphatic heterocycles. The van der Waals surface area contributed by atoms with Crippen molar-refractivity contribution in [3.05, 3.63) is 24.3 Å². The summed E-state index contributed by atoms with van der Waals surface area (Å²) in [7, 11) is 0. The van der Waals surface area contributed by atoms with Gasteiger partial charge in [-0.3, -0.25) is 9.59 Å². The van der Waals surface area contributed by atoms with E-state index in [9.17, 15) is 19.2 Å². The second kappa shape index (κ2) is 10.5. The molecule has 1 unspecified atom stereocenters. The second-order valence-corrected chi connectivity index (χ2v) is 4.22. The first kappa shape index (κ1) is 18.8. The van der Waals surface area contributed by atoms with Crippen molar-refractivity contribution in [1.82, 2.24) is 0 Å².